The van der Waals surface area contributed by atoms with Crippen LogP contribution in [0.3, 0.4) is 0 Å². The number of anilines is 1. The number of rotatable bonds is 2. The van der Waals surface area contributed by atoms with E-state index >= 15 is 0 Å². The molecule has 0 aliphatic heterocycles. The molecular formula is C9H7ClN4O2. The van der Waals surface area contributed by atoms with Crippen LogP contribution in [0.25, 0.3) is 0 Å². The summed E-state index contributed by atoms with van der Waals surface area (Å²) in [5.74, 6) is -1.74. The van der Waals surface area contributed by atoms with Crippen LogP contribution in [0.4, 0.5) is 5.82 Å². The Hall–Kier alpha value is -2.13. The first-order chi connectivity index (χ1) is 7.65. The zero-order chi connectivity index (χ0) is 12.0. The number of aromatic nitrogens is 1. The second-order valence-electron chi connectivity index (χ2n) is 2.63. The van der Waals surface area contributed by atoms with Gasteiger partial charge in [0.1, 0.15) is 6.54 Å². The monoisotopic (exact) mass is 238 g/mol. The maximum absolute atomic E-state index is 11.2. The predicted octanol–water partition coefficient (Wildman–Crippen LogP) is 0.313. The molecule has 0 spiro atoms. The Balaban J connectivity index is 2.62. The highest BCUT2D eigenvalue weighted by molar-refractivity contribution is 6.41. The molecule has 1 rings (SSSR count). The van der Waals surface area contributed by atoms with Gasteiger partial charge < -0.3 is 10.6 Å². The Morgan fingerprint density at radius 1 is 1.50 bits per heavy atom. The molecule has 0 saturated carbocycles. The van der Waals surface area contributed by atoms with Gasteiger partial charge in [-0.2, -0.15) is 5.26 Å². The minimum Gasteiger partial charge on any atom is -0.335 e. The summed E-state index contributed by atoms with van der Waals surface area (Å²) in [5, 5.41) is 12.7. The summed E-state index contributed by atoms with van der Waals surface area (Å²) < 4.78 is 0. The SMILES string of the molecule is N#CCNC(=O)C(=O)Nc1ncccc1Cl. The van der Waals surface area contributed by atoms with Crippen molar-refractivity contribution in [3.8, 4) is 6.07 Å². The number of hydrogen-bond donors (Lipinski definition) is 2. The van der Waals surface area contributed by atoms with E-state index in [-0.39, 0.29) is 17.4 Å². The van der Waals surface area contributed by atoms with Crippen molar-refractivity contribution < 1.29 is 9.59 Å². The van der Waals surface area contributed by atoms with Crippen molar-refractivity contribution >= 4 is 29.2 Å². The minimum atomic E-state index is -0.921. The summed E-state index contributed by atoms with van der Waals surface area (Å²) >= 11 is 5.72. The molecule has 0 atom stereocenters. The first kappa shape index (κ1) is 11.9. The fraction of sp³-hybridized carbons (Fsp3) is 0.111. The Morgan fingerprint density at radius 3 is 2.88 bits per heavy atom. The molecular weight excluding hydrogens is 232 g/mol. The van der Waals surface area contributed by atoms with Crippen molar-refractivity contribution in [1.82, 2.24) is 10.3 Å². The third-order valence-electron chi connectivity index (χ3n) is 1.52. The van der Waals surface area contributed by atoms with E-state index in [2.05, 4.69) is 15.6 Å². The van der Waals surface area contributed by atoms with E-state index in [0.29, 0.717) is 0 Å². The molecule has 0 unspecified atom stereocenters. The molecule has 1 aromatic heterocycles. The lowest BCUT2D eigenvalue weighted by atomic mass is 10.4. The number of halogens is 1. The third kappa shape index (κ3) is 3.22. The van der Waals surface area contributed by atoms with Gasteiger partial charge in [0.05, 0.1) is 11.1 Å². The van der Waals surface area contributed by atoms with E-state index in [1.165, 1.54) is 12.3 Å². The van der Waals surface area contributed by atoms with E-state index in [9.17, 15) is 9.59 Å². The van der Waals surface area contributed by atoms with Gasteiger partial charge in [-0.3, -0.25) is 9.59 Å². The first-order valence-corrected chi connectivity index (χ1v) is 4.59. The molecule has 0 aliphatic rings. The van der Waals surface area contributed by atoms with Crippen molar-refractivity contribution in [3.05, 3.63) is 23.4 Å². The smallest absolute Gasteiger partial charge is 0.314 e. The topological polar surface area (TPSA) is 94.9 Å². The Kier molecular flexibility index (Phi) is 4.24. The highest BCUT2D eigenvalue weighted by Crippen LogP contribution is 2.16. The largest absolute Gasteiger partial charge is 0.335 e. The zero-order valence-electron chi connectivity index (χ0n) is 8.03. The van der Waals surface area contributed by atoms with Crippen LogP contribution in [0.1, 0.15) is 0 Å². The Bertz CT molecular complexity index is 455. The molecule has 0 fully saturated rings. The van der Waals surface area contributed by atoms with Crippen LogP contribution in [0, 0.1) is 11.3 Å². The van der Waals surface area contributed by atoms with Gasteiger partial charge in [0, 0.05) is 6.20 Å². The average Bonchev–Trinajstić information content (AvgIpc) is 2.28. The number of pyridine rings is 1. The molecule has 16 heavy (non-hydrogen) atoms. The van der Waals surface area contributed by atoms with Crippen molar-refractivity contribution in [2.45, 2.75) is 0 Å². The van der Waals surface area contributed by atoms with Gasteiger partial charge in [-0.1, -0.05) is 11.6 Å². The molecule has 2 N–H and O–H groups in total. The minimum absolute atomic E-state index is 0.0984. The molecule has 0 saturated heterocycles. The van der Waals surface area contributed by atoms with Gasteiger partial charge in [0.2, 0.25) is 0 Å². The third-order valence-corrected chi connectivity index (χ3v) is 1.83. The number of hydrogen-bond acceptors (Lipinski definition) is 4. The van der Waals surface area contributed by atoms with E-state index in [1.54, 1.807) is 12.1 Å². The van der Waals surface area contributed by atoms with Gasteiger partial charge in [-0.15, -0.1) is 0 Å². The second-order valence-corrected chi connectivity index (χ2v) is 3.04. The van der Waals surface area contributed by atoms with Crippen molar-refractivity contribution in [2.75, 3.05) is 11.9 Å². The van der Waals surface area contributed by atoms with Crippen molar-refractivity contribution in [1.29, 1.82) is 5.26 Å². The summed E-state index contributed by atoms with van der Waals surface area (Å²) in [6.45, 7) is -0.234. The second kappa shape index (κ2) is 5.68. The highest BCUT2D eigenvalue weighted by Gasteiger charge is 2.14. The highest BCUT2D eigenvalue weighted by atomic mass is 35.5. The average molecular weight is 239 g/mol. The Labute approximate surface area is 96.2 Å². The van der Waals surface area contributed by atoms with Crippen LogP contribution in [-0.2, 0) is 9.59 Å². The summed E-state index contributed by atoms with van der Waals surface area (Å²) in [6, 6.07) is 4.79. The van der Waals surface area contributed by atoms with Crippen LogP contribution < -0.4 is 10.6 Å². The van der Waals surface area contributed by atoms with Gasteiger partial charge >= 0.3 is 11.8 Å². The van der Waals surface area contributed by atoms with Crippen LogP contribution in [0.15, 0.2) is 18.3 Å². The van der Waals surface area contributed by atoms with E-state index in [4.69, 9.17) is 16.9 Å². The van der Waals surface area contributed by atoms with E-state index < -0.39 is 11.8 Å². The number of amides is 2. The summed E-state index contributed by atoms with van der Waals surface area (Å²) in [7, 11) is 0. The van der Waals surface area contributed by atoms with Gasteiger partial charge in [-0.25, -0.2) is 4.98 Å². The van der Waals surface area contributed by atoms with Crippen LogP contribution in [0.2, 0.25) is 5.02 Å². The van der Waals surface area contributed by atoms with Crippen LogP contribution in [0.5, 0.6) is 0 Å². The maximum Gasteiger partial charge on any atom is 0.314 e. The van der Waals surface area contributed by atoms with Crippen molar-refractivity contribution in [2.24, 2.45) is 0 Å². The molecule has 0 bridgehead atoms. The number of carbonyl (C=O) groups is 2. The fourth-order valence-corrected chi connectivity index (χ4v) is 1.01. The molecule has 6 nitrogen and oxygen atoms in total. The first-order valence-electron chi connectivity index (χ1n) is 4.22. The summed E-state index contributed by atoms with van der Waals surface area (Å²) in [4.78, 5) is 26.1. The molecule has 7 heteroatoms. The molecule has 0 radical (unpaired) electrons. The van der Waals surface area contributed by atoms with Gasteiger partial charge in [-0.05, 0) is 12.1 Å². The molecule has 82 valence electrons. The fourth-order valence-electron chi connectivity index (χ4n) is 0.842. The normalized spacial score (nSPS) is 9.00. The molecule has 2 amide bonds. The zero-order valence-corrected chi connectivity index (χ0v) is 8.78. The van der Waals surface area contributed by atoms with Gasteiger partial charge in [0.15, 0.2) is 5.82 Å². The van der Waals surface area contributed by atoms with Crippen LogP contribution >= 0.6 is 11.6 Å². The standard InChI is InChI=1S/C9H7ClN4O2/c10-6-2-1-4-12-7(6)14-9(16)8(15)13-5-3-11/h1-2,4H,5H2,(H,13,15)(H,12,14,16). The maximum atomic E-state index is 11.2. The van der Waals surface area contributed by atoms with Crippen molar-refractivity contribution in [3.63, 3.8) is 0 Å². The quantitative estimate of drug-likeness (QED) is 0.573. The predicted molar refractivity (Wildman–Crippen MR) is 56.5 cm³/mol. The van der Waals surface area contributed by atoms with E-state index in [1.807, 2.05) is 0 Å². The number of carbonyl (C=O) groups excluding carboxylic acids is 2. The number of nitrogens with zero attached hydrogens (tertiary/aromatic N) is 2. The van der Waals surface area contributed by atoms with E-state index in [0.717, 1.165) is 0 Å². The summed E-state index contributed by atoms with van der Waals surface area (Å²) in [6.07, 6.45) is 1.43. The molecule has 0 aromatic carbocycles. The summed E-state index contributed by atoms with van der Waals surface area (Å²) in [5.41, 5.74) is 0. The molecule has 1 aromatic rings. The number of nitrogens with one attached hydrogen (secondary N) is 2. The lowest BCUT2D eigenvalue weighted by Gasteiger charge is -2.04. The number of nitriles is 1. The molecule has 1 heterocycles. The lowest BCUT2D eigenvalue weighted by Crippen LogP contribution is -2.35. The van der Waals surface area contributed by atoms with Crippen LogP contribution in [-0.4, -0.2) is 23.3 Å². The Morgan fingerprint density at radius 2 is 2.25 bits per heavy atom. The lowest BCUT2D eigenvalue weighted by molar-refractivity contribution is -0.136. The van der Waals surface area contributed by atoms with Gasteiger partial charge in [0.25, 0.3) is 0 Å². The molecule has 0 aliphatic carbocycles.